The van der Waals surface area contributed by atoms with E-state index in [-0.39, 0.29) is 6.04 Å². The lowest BCUT2D eigenvalue weighted by molar-refractivity contribution is 0.305. The quantitative estimate of drug-likeness (QED) is 0.892. The van der Waals surface area contributed by atoms with Gasteiger partial charge in [0, 0.05) is 24.0 Å². The second kappa shape index (κ2) is 6.34. The van der Waals surface area contributed by atoms with Crippen LogP contribution in [0, 0.1) is 6.92 Å². The summed E-state index contributed by atoms with van der Waals surface area (Å²) in [7, 11) is 0. The van der Waals surface area contributed by atoms with Crippen molar-refractivity contribution in [3.05, 3.63) is 59.4 Å². The van der Waals surface area contributed by atoms with Gasteiger partial charge in [0.15, 0.2) is 0 Å². The zero-order valence-corrected chi connectivity index (χ0v) is 11.5. The van der Waals surface area contributed by atoms with Crippen LogP contribution >= 0.6 is 0 Å². The summed E-state index contributed by atoms with van der Waals surface area (Å²) in [6.07, 6.45) is 4.61. The van der Waals surface area contributed by atoms with Crippen molar-refractivity contribution < 1.29 is 4.74 Å². The molecule has 1 heterocycles. The van der Waals surface area contributed by atoms with Gasteiger partial charge in [-0.25, -0.2) is 0 Å². The van der Waals surface area contributed by atoms with Crippen molar-refractivity contribution in [2.75, 3.05) is 0 Å². The number of hydrogen-bond donors (Lipinski definition) is 1. The van der Waals surface area contributed by atoms with Gasteiger partial charge in [-0.05, 0) is 42.7 Å². The third kappa shape index (κ3) is 3.80. The molecule has 2 rings (SSSR count). The van der Waals surface area contributed by atoms with Crippen molar-refractivity contribution in [3.8, 4) is 5.75 Å². The Labute approximate surface area is 114 Å². The van der Waals surface area contributed by atoms with Gasteiger partial charge in [0.25, 0.3) is 0 Å². The maximum atomic E-state index is 5.98. The maximum Gasteiger partial charge on any atom is 0.119 e. The highest BCUT2D eigenvalue weighted by molar-refractivity contribution is 5.29. The van der Waals surface area contributed by atoms with E-state index in [9.17, 15) is 0 Å². The van der Waals surface area contributed by atoms with Crippen LogP contribution in [0.5, 0.6) is 5.75 Å². The van der Waals surface area contributed by atoms with E-state index in [0.29, 0.717) is 6.61 Å². The summed E-state index contributed by atoms with van der Waals surface area (Å²) >= 11 is 0. The van der Waals surface area contributed by atoms with Crippen LogP contribution in [0.3, 0.4) is 0 Å². The Morgan fingerprint density at radius 1 is 1.21 bits per heavy atom. The molecule has 0 radical (unpaired) electrons. The van der Waals surface area contributed by atoms with Gasteiger partial charge in [-0.2, -0.15) is 0 Å². The van der Waals surface area contributed by atoms with Gasteiger partial charge in [0.1, 0.15) is 12.4 Å². The number of rotatable bonds is 5. The summed E-state index contributed by atoms with van der Waals surface area (Å²) in [6, 6.07) is 10.2. The molecular weight excluding hydrogens is 236 g/mol. The molecule has 0 aliphatic rings. The minimum atomic E-state index is 0.107. The zero-order chi connectivity index (χ0) is 13.7. The highest BCUT2D eigenvalue weighted by atomic mass is 16.5. The van der Waals surface area contributed by atoms with Crippen LogP contribution in [-0.4, -0.2) is 4.98 Å². The van der Waals surface area contributed by atoms with Crippen molar-refractivity contribution in [2.45, 2.75) is 32.9 Å². The van der Waals surface area contributed by atoms with Crippen molar-refractivity contribution in [3.63, 3.8) is 0 Å². The van der Waals surface area contributed by atoms with Gasteiger partial charge in [0.05, 0.1) is 0 Å². The van der Waals surface area contributed by atoms with Crippen LogP contribution in [0.25, 0.3) is 0 Å². The molecule has 0 aliphatic heterocycles. The van der Waals surface area contributed by atoms with E-state index in [1.807, 2.05) is 43.6 Å². The Balaban J connectivity index is 1.96. The molecule has 0 spiro atoms. The minimum Gasteiger partial charge on any atom is -0.489 e. The Bertz CT molecular complexity index is 523. The first-order chi connectivity index (χ1) is 9.19. The molecule has 100 valence electrons. The van der Waals surface area contributed by atoms with Crippen molar-refractivity contribution in [1.82, 2.24) is 4.98 Å². The molecule has 1 atom stereocenters. The summed E-state index contributed by atoms with van der Waals surface area (Å²) in [4.78, 5) is 4.15. The number of pyridine rings is 1. The number of nitrogens with zero attached hydrogens (tertiary/aromatic N) is 1. The summed E-state index contributed by atoms with van der Waals surface area (Å²) in [6.45, 7) is 4.64. The average Bonchev–Trinajstić information content (AvgIpc) is 2.45. The standard InChI is InChI=1S/C16H20N2O/c1-3-16(17)14-4-6-15(7-5-14)19-11-13-8-12(2)9-18-10-13/h4-10,16H,3,11,17H2,1-2H3. The second-order valence-corrected chi connectivity index (χ2v) is 4.74. The van der Waals surface area contributed by atoms with Crippen LogP contribution < -0.4 is 10.5 Å². The lowest BCUT2D eigenvalue weighted by Crippen LogP contribution is -2.08. The van der Waals surface area contributed by atoms with Gasteiger partial charge >= 0.3 is 0 Å². The molecular formula is C16H20N2O. The molecule has 1 aromatic heterocycles. The average molecular weight is 256 g/mol. The normalized spacial score (nSPS) is 12.2. The molecule has 0 amide bonds. The van der Waals surface area contributed by atoms with E-state index < -0.39 is 0 Å². The van der Waals surface area contributed by atoms with Crippen LogP contribution in [0.4, 0.5) is 0 Å². The number of aryl methyl sites for hydroxylation is 1. The van der Waals surface area contributed by atoms with E-state index in [2.05, 4.69) is 18.0 Å². The SMILES string of the molecule is CCC(N)c1ccc(OCc2cncc(C)c2)cc1. The largest absolute Gasteiger partial charge is 0.489 e. The molecule has 3 nitrogen and oxygen atoms in total. The number of nitrogens with two attached hydrogens (primary N) is 1. The monoisotopic (exact) mass is 256 g/mol. The molecule has 0 aliphatic carbocycles. The van der Waals surface area contributed by atoms with Gasteiger partial charge < -0.3 is 10.5 Å². The van der Waals surface area contributed by atoms with Crippen molar-refractivity contribution >= 4 is 0 Å². The van der Waals surface area contributed by atoms with E-state index in [1.165, 1.54) is 0 Å². The molecule has 0 saturated carbocycles. The highest BCUT2D eigenvalue weighted by Crippen LogP contribution is 2.19. The minimum absolute atomic E-state index is 0.107. The predicted octanol–water partition coefficient (Wildman–Crippen LogP) is 3.38. The highest BCUT2D eigenvalue weighted by Gasteiger charge is 2.03. The molecule has 1 aromatic carbocycles. The Morgan fingerprint density at radius 2 is 1.95 bits per heavy atom. The topological polar surface area (TPSA) is 48.1 Å². The van der Waals surface area contributed by atoms with Gasteiger partial charge in [-0.1, -0.05) is 19.1 Å². The molecule has 0 saturated heterocycles. The van der Waals surface area contributed by atoms with Crippen LogP contribution in [0.15, 0.2) is 42.7 Å². The lowest BCUT2D eigenvalue weighted by Gasteiger charge is -2.11. The second-order valence-electron chi connectivity index (χ2n) is 4.74. The molecule has 2 aromatic rings. The Kier molecular flexibility index (Phi) is 4.53. The van der Waals surface area contributed by atoms with Crippen LogP contribution in [0.2, 0.25) is 0 Å². The molecule has 19 heavy (non-hydrogen) atoms. The third-order valence-corrected chi connectivity index (χ3v) is 3.09. The third-order valence-electron chi connectivity index (χ3n) is 3.09. The fraction of sp³-hybridized carbons (Fsp3) is 0.312. The number of aromatic nitrogens is 1. The maximum absolute atomic E-state index is 5.98. The van der Waals surface area contributed by atoms with Crippen molar-refractivity contribution in [2.24, 2.45) is 5.73 Å². The first kappa shape index (κ1) is 13.6. The first-order valence-electron chi connectivity index (χ1n) is 6.58. The first-order valence-corrected chi connectivity index (χ1v) is 6.58. The smallest absolute Gasteiger partial charge is 0.119 e. The molecule has 0 fully saturated rings. The number of benzene rings is 1. The van der Waals surface area contributed by atoms with Crippen LogP contribution in [0.1, 0.15) is 36.1 Å². The van der Waals surface area contributed by atoms with E-state index in [0.717, 1.165) is 28.9 Å². The molecule has 3 heteroatoms. The van der Waals surface area contributed by atoms with Gasteiger partial charge in [-0.15, -0.1) is 0 Å². The molecule has 0 bridgehead atoms. The summed E-state index contributed by atoms with van der Waals surface area (Å²) in [5.41, 5.74) is 9.34. The van der Waals surface area contributed by atoms with E-state index >= 15 is 0 Å². The van der Waals surface area contributed by atoms with Gasteiger partial charge in [-0.3, -0.25) is 4.98 Å². The number of hydrogen-bond acceptors (Lipinski definition) is 3. The fourth-order valence-corrected chi connectivity index (χ4v) is 1.91. The summed E-state index contributed by atoms with van der Waals surface area (Å²) < 4.78 is 5.73. The summed E-state index contributed by atoms with van der Waals surface area (Å²) in [5, 5.41) is 0. The van der Waals surface area contributed by atoms with E-state index in [1.54, 1.807) is 0 Å². The molecule has 2 N–H and O–H groups in total. The number of ether oxygens (including phenoxy) is 1. The zero-order valence-electron chi connectivity index (χ0n) is 11.5. The fourth-order valence-electron chi connectivity index (χ4n) is 1.91. The Morgan fingerprint density at radius 3 is 2.58 bits per heavy atom. The Hall–Kier alpha value is -1.87. The van der Waals surface area contributed by atoms with Crippen molar-refractivity contribution in [1.29, 1.82) is 0 Å². The predicted molar refractivity (Wildman–Crippen MR) is 77.0 cm³/mol. The van der Waals surface area contributed by atoms with Gasteiger partial charge in [0.2, 0.25) is 0 Å². The molecule has 1 unspecified atom stereocenters. The van der Waals surface area contributed by atoms with Crippen LogP contribution in [-0.2, 0) is 6.61 Å². The lowest BCUT2D eigenvalue weighted by atomic mass is 10.1. The summed E-state index contributed by atoms with van der Waals surface area (Å²) in [5.74, 6) is 0.855. The van der Waals surface area contributed by atoms with E-state index in [4.69, 9.17) is 10.5 Å².